The Labute approximate surface area is 164 Å². The van der Waals surface area contributed by atoms with Crippen LogP contribution in [0.2, 0.25) is 5.02 Å². The molecule has 0 bridgehead atoms. The number of hydrogen-bond donors (Lipinski definition) is 1. The van der Waals surface area contributed by atoms with E-state index in [1.807, 2.05) is 25.1 Å². The van der Waals surface area contributed by atoms with Gasteiger partial charge in [0.2, 0.25) is 10.0 Å². The molecule has 0 atom stereocenters. The summed E-state index contributed by atoms with van der Waals surface area (Å²) in [6.45, 7) is 0.464. The molecule has 0 spiro atoms. The quantitative estimate of drug-likeness (QED) is 0.843. The van der Waals surface area contributed by atoms with E-state index in [-0.39, 0.29) is 5.91 Å². The summed E-state index contributed by atoms with van der Waals surface area (Å²) in [7, 11) is 0.445. The van der Waals surface area contributed by atoms with E-state index in [0.717, 1.165) is 24.1 Å². The minimum Gasteiger partial charge on any atom is -0.376 e. The maximum Gasteiger partial charge on any atom is 0.255 e. The van der Waals surface area contributed by atoms with Gasteiger partial charge in [0.15, 0.2) is 0 Å². The van der Waals surface area contributed by atoms with Crippen molar-refractivity contribution in [2.75, 3.05) is 41.4 Å². The number of benzene rings is 2. The number of fused-ring (bicyclic) bond motifs is 1. The summed E-state index contributed by atoms with van der Waals surface area (Å²) in [6, 6.07) is 10.4. The van der Waals surface area contributed by atoms with Crippen LogP contribution in [0.15, 0.2) is 36.4 Å². The predicted octanol–water partition coefficient (Wildman–Crippen LogP) is 3.37. The lowest BCUT2D eigenvalue weighted by Crippen LogP contribution is -2.34. The van der Waals surface area contributed by atoms with E-state index in [0.29, 0.717) is 28.5 Å². The zero-order valence-corrected chi connectivity index (χ0v) is 17.1. The summed E-state index contributed by atoms with van der Waals surface area (Å²) in [5.41, 5.74) is 3.45. The van der Waals surface area contributed by atoms with Crippen LogP contribution in [0.1, 0.15) is 22.3 Å². The van der Waals surface area contributed by atoms with Crippen LogP contribution in [0.3, 0.4) is 0 Å². The van der Waals surface area contributed by atoms with Crippen molar-refractivity contribution in [1.29, 1.82) is 0 Å². The third kappa shape index (κ3) is 4.20. The minimum atomic E-state index is -3.33. The largest absolute Gasteiger partial charge is 0.376 e. The zero-order chi connectivity index (χ0) is 19.8. The van der Waals surface area contributed by atoms with E-state index in [2.05, 4.69) is 5.32 Å². The molecule has 1 aliphatic rings. The number of carbonyl (C=O) groups is 1. The Morgan fingerprint density at radius 3 is 2.59 bits per heavy atom. The topological polar surface area (TPSA) is 69.7 Å². The first-order valence-electron chi connectivity index (χ1n) is 8.55. The fourth-order valence-electron chi connectivity index (χ4n) is 3.24. The SMILES string of the molecule is CN(C)c1ccc(Cl)cc1NC(=O)c1ccc2c(c1)CCCN2S(C)(=O)=O. The van der Waals surface area contributed by atoms with Gasteiger partial charge in [-0.2, -0.15) is 0 Å². The number of nitrogens with zero attached hydrogens (tertiary/aromatic N) is 2. The first-order chi connectivity index (χ1) is 12.7. The van der Waals surface area contributed by atoms with Crippen LogP contribution in [-0.2, 0) is 16.4 Å². The highest BCUT2D eigenvalue weighted by Crippen LogP contribution is 2.31. The zero-order valence-electron chi connectivity index (χ0n) is 15.5. The van der Waals surface area contributed by atoms with Crippen LogP contribution in [0.25, 0.3) is 0 Å². The molecule has 0 aromatic heterocycles. The summed E-state index contributed by atoms with van der Waals surface area (Å²) in [6.07, 6.45) is 2.66. The lowest BCUT2D eigenvalue weighted by atomic mass is 10.0. The van der Waals surface area contributed by atoms with Gasteiger partial charge in [-0.15, -0.1) is 0 Å². The average molecular weight is 408 g/mol. The molecule has 1 amide bonds. The standard InChI is InChI=1S/C19H22ClN3O3S/c1-22(2)18-9-7-15(20)12-16(18)21-19(24)14-6-8-17-13(11-14)5-4-10-23(17)27(3,25)26/h6-9,11-12H,4-5,10H2,1-3H3,(H,21,24). The van der Waals surface area contributed by atoms with Crippen LogP contribution < -0.4 is 14.5 Å². The molecule has 1 N–H and O–H groups in total. The highest BCUT2D eigenvalue weighted by molar-refractivity contribution is 7.92. The van der Waals surface area contributed by atoms with Crippen molar-refractivity contribution in [3.8, 4) is 0 Å². The monoisotopic (exact) mass is 407 g/mol. The molecule has 3 rings (SSSR count). The van der Waals surface area contributed by atoms with Gasteiger partial charge in [-0.1, -0.05) is 11.6 Å². The lowest BCUT2D eigenvalue weighted by Gasteiger charge is -2.29. The molecule has 6 nitrogen and oxygen atoms in total. The molecular weight excluding hydrogens is 386 g/mol. The molecule has 0 saturated carbocycles. The number of rotatable bonds is 4. The van der Waals surface area contributed by atoms with Crippen molar-refractivity contribution in [2.24, 2.45) is 0 Å². The van der Waals surface area contributed by atoms with Crippen LogP contribution in [0, 0.1) is 0 Å². The van der Waals surface area contributed by atoms with E-state index < -0.39 is 10.0 Å². The molecule has 2 aromatic rings. The molecular formula is C19H22ClN3O3S. The Morgan fingerprint density at radius 2 is 1.93 bits per heavy atom. The molecule has 0 radical (unpaired) electrons. The maximum atomic E-state index is 12.8. The number of nitrogens with one attached hydrogen (secondary N) is 1. The third-order valence-electron chi connectivity index (χ3n) is 4.51. The van der Waals surface area contributed by atoms with Gasteiger partial charge in [0.25, 0.3) is 5.91 Å². The molecule has 2 aromatic carbocycles. The van der Waals surface area contributed by atoms with E-state index in [9.17, 15) is 13.2 Å². The number of halogens is 1. The smallest absolute Gasteiger partial charge is 0.255 e. The van der Waals surface area contributed by atoms with Crippen LogP contribution in [0.4, 0.5) is 17.1 Å². The second-order valence-electron chi connectivity index (χ2n) is 6.79. The summed E-state index contributed by atoms with van der Waals surface area (Å²) in [4.78, 5) is 14.7. The Kier molecular flexibility index (Phi) is 5.35. The Morgan fingerprint density at radius 1 is 1.19 bits per heavy atom. The number of hydrogen-bond acceptors (Lipinski definition) is 4. The van der Waals surface area contributed by atoms with Crippen LogP contribution >= 0.6 is 11.6 Å². The summed E-state index contributed by atoms with van der Waals surface area (Å²) < 4.78 is 25.3. The van der Waals surface area contributed by atoms with E-state index in [1.165, 1.54) is 10.6 Å². The van der Waals surface area contributed by atoms with Gasteiger partial charge in [-0.05, 0) is 54.8 Å². The number of anilines is 3. The van der Waals surface area contributed by atoms with Crippen molar-refractivity contribution in [3.05, 3.63) is 52.5 Å². The van der Waals surface area contributed by atoms with Gasteiger partial charge in [0, 0.05) is 31.2 Å². The second-order valence-corrected chi connectivity index (χ2v) is 9.14. The first-order valence-corrected chi connectivity index (χ1v) is 10.8. The van der Waals surface area contributed by atoms with E-state index in [4.69, 9.17) is 11.6 Å². The number of aryl methyl sites for hydroxylation is 1. The fourth-order valence-corrected chi connectivity index (χ4v) is 4.41. The van der Waals surface area contributed by atoms with Crippen molar-refractivity contribution >= 4 is 44.6 Å². The Balaban J connectivity index is 1.90. The molecule has 27 heavy (non-hydrogen) atoms. The molecule has 1 aliphatic heterocycles. The number of carbonyl (C=O) groups excluding carboxylic acids is 1. The number of sulfonamides is 1. The molecule has 144 valence electrons. The maximum absolute atomic E-state index is 12.8. The number of amides is 1. The Hall–Kier alpha value is -2.25. The second kappa shape index (κ2) is 7.40. The highest BCUT2D eigenvalue weighted by Gasteiger charge is 2.24. The van der Waals surface area contributed by atoms with Gasteiger partial charge in [0.05, 0.1) is 23.3 Å². The van der Waals surface area contributed by atoms with Crippen molar-refractivity contribution < 1.29 is 13.2 Å². The van der Waals surface area contributed by atoms with Crippen LogP contribution in [0.5, 0.6) is 0 Å². The van der Waals surface area contributed by atoms with Gasteiger partial charge < -0.3 is 10.2 Å². The molecule has 0 fully saturated rings. The molecule has 8 heteroatoms. The van der Waals surface area contributed by atoms with Crippen molar-refractivity contribution in [2.45, 2.75) is 12.8 Å². The van der Waals surface area contributed by atoms with Crippen molar-refractivity contribution in [3.63, 3.8) is 0 Å². The average Bonchev–Trinajstić information content (AvgIpc) is 2.59. The van der Waals surface area contributed by atoms with Gasteiger partial charge >= 0.3 is 0 Å². The first kappa shape index (κ1) is 19.5. The Bertz CT molecular complexity index is 990. The normalized spacial score (nSPS) is 13.9. The van der Waals surface area contributed by atoms with Crippen molar-refractivity contribution in [1.82, 2.24) is 0 Å². The fraction of sp³-hybridized carbons (Fsp3) is 0.316. The third-order valence-corrected chi connectivity index (χ3v) is 5.92. The summed E-state index contributed by atoms with van der Waals surface area (Å²) in [5.74, 6) is -0.264. The van der Waals surface area contributed by atoms with Gasteiger partial charge in [-0.25, -0.2) is 8.42 Å². The molecule has 0 unspecified atom stereocenters. The summed E-state index contributed by atoms with van der Waals surface area (Å²) >= 11 is 6.07. The molecule has 0 aliphatic carbocycles. The lowest BCUT2D eigenvalue weighted by molar-refractivity contribution is 0.102. The molecule has 0 saturated heterocycles. The van der Waals surface area contributed by atoms with E-state index in [1.54, 1.807) is 30.3 Å². The van der Waals surface area contributed by atoms with Gasteiger partial charge in [0.1, 0.15) is 0 Å². The highest BCUT2D eigenvalue weighted by atomic mass is 35.5. The predicted molar refractivity (Wildman–Crippen MR) is 111 cm³/mol. The van der Waals surface area contributed by atoms with Crippen LogP contribution in [-0.4, -0.2) is 41.2 Å². The summed E-state index contributed by atoms with van der Waals surface area (Å²) in [5, 5.41) is 3.43. The van der Waals surface area contributed by atoms with E-state index >= 15 is 0 Å². The van der Waals surface area contributed by atoms with Gasteiger partial charge in [-0.3, -0.25) is 9.10 Å². The minimum absolute atomic E-state index is 0.264. The molecule has 1 heterocycles.